The van der Waals surface area contributed by atoms with Crippen LogP contribution in [0, 0.1) is 6.92 Å². The molecule has 0 bridgehead atoms. The molecule has 0 heterocycles. The zero-order chi connectivity index (χ0) is 20.3. The van der Waals surface area contributed by atoms with E-state index in [9.17, 15) is 18.3 Å². The quantitative estimate of drug-likeness (QED) is 0.619. The van der Waals surface area contributed by atoms with Crippen LogP contribution in [0.5, 0.6) is 0 Å². The minimum absolute atomic E-state index is 0.0398. The maximum atomic E-state index is 13.4. The molecule has 0 saturated carbocycles. The summed E-state index contributed by atoms with van der Waals surface area (Å²) in [4.78, 5) is 11.7. The molecule has 0 aliphatic heterocycles. The smallest absolute Gasteiger partial charge is 0.264 e. The Bertz CT molecular complexity index is 1090. The van der Waals surface area contributed by atoms with E-state index in [1.54, 1.807) is 42.5 Å². The molecule has 5 nitrogen and oxygen atoms in total. The van der Waals surface area contributed by atoms with Crippen LogP contribution in [0.4, 0.5) is 5.69 Å². The van der Waals surface area contributed by atoms with Crippen LogP contribution in [0.1, 0.15) is 21.5 Å². The lowest BCUT2D eigenvalue weighted by molar-refractivity contribution is -0.254. The van der Waals surface area contributed by atoms with Gasteiger partial charge in [-0.25, -0.2) is 8.42 Å². The molecule has 0 fully saturated rings. The number of aromatic carboxylic acids is 1. The van der Waals surface area contributed by atoms with Crippen LogP contribution in [0.25, 0.3) is 0 Å². The number of carboxylic acid groups (broad SMARTS) is 1. The molecule has 144 valence electrons. The summed E-state index contributed by atoms with van der Waals surface area (Å²) in [6, 6.07) is 19.0. The third-order valence-electron chi connectivity index (χ3n) is 4.24. The zero-order valence-electron chi connectivity index (χ0n) is 15.0. The van der Waals surface area contributed by atoms with Crippen LogP contribution >= 0.6 is 11.6 Å². The second-order valence-electron chi connectivity index (χ2n) is 6.26. The Morgan fingerprint density at radius 3 is 2.18 bits per heavy atom. The summed E-state index contributed by atoms with van der Waals surface area (Å²) in [6.45, 7) is 1.80. The first-order valence-electron chi connectivity index (χ1n) is 8.43. The van der Waals surface area contributed by atoms with Crippen LogP contribution in [0.3, 0.4) is 0 Å². The molecule has 0 aliphatic rings. The summed E-state index contributed by atoms with van der Waals surface area (Å²) in [5.74, 6) is -1.45. The van der Waals surface area contributed by atoms with E-state index in [-0.39, 0.29) is 22.7 Å². The van der Waals surface area contributed by atoms with Gasteiger partial charge in [-0.05, 0) is 42.8 Å². The Morgan fingerprint density at radius 1 is 0.964 bits per heavy atom. The number of para-hydroxylation sites is 1. The van der Waals surface area contributed by atoms with Crippen LogP contribution in [0.2, 0.25) is 5.02 Å². The summed E-state index contributed by atoms with van der Waals surface area (Å²) in [5, 5.41) is 12.1. The summed E-state index contributed by atoms with van der Waals surface area (Å²) < 4.78 is 27.8. The van der Waals surface area contributed by atoms with Crippen LogP contribution in [0.15, 0.2) is 77.7 Å². The topological polar surface area (TPSA) is 77.5 Å². The molecule has 0 amide bonds. The number of sulfonamides is 1. The van der Waals surface area contributed by atoms with E-state index in [4.69, 9.17) is 11.6 Å². The first-order valence-corrected chi connectivity index (χ1v) is 10.2. The Balaban J connectivity index is 2.15. The minimum atomic E-state index is -4.03. The fourth-order valence-corrected chi connectivity index (χ4v) is 4.35. The van der Waals surface area contributed by atoms with Gasteiger partial charge in [-0.1, -0.05) is 59.6 Å². The van der Waals surface area contributed by atoms with Gasteiger partial charge in [-0.3, -0.25) is 4.31 Å². The van der Waals surface area contributed by atoms with Crippen LogP contribution < -0.4 is 9.41 Å². The number of hydrogen-bond donors (Lipinski definition) is 0. The number of hydrogen-bond acceptors (Lipinski definition) is 4. The fourth-order valence-electron chi connectivity index (χ4n) is 2.76. The first-order chi connectivity index (χ1) is 13.3. The number of aryl methyl sites for hydroxylation is 1. The number of halogens is 1. The molecule has 3 aromatic carbocycles. The second kappa shape index (κ2) is 8.04. The van der Waals surface area contributed by atoms with Gasteiger partial charge in [0.15, 0.2) is 0 Å². The van der Waals surface area contributed by atoms with E-state index in [1.807, 2.05) is 6.92 Å². The number of carbonyl (C=O) groups excluding carboxylic acids is 1. The summed E-state index contributed by atoms with van der Waals surface area (Å²) in [7, 11) is -4.03. The zero-order valence-corrected chi connectivity index (χ0v) is 16.6. The molecule has 0 aliphatic carbocycles. The molecule has 3 rings (SSSR count). The van der Waals surface area contributed by atoms with Crippen molar-refractivity contribution in [3.63, 3.8) is 0 Å². The van der Waals surface area contributed by atoms with Gasteiger partial charge in [0.25, 0.3) is 10.0 Å². The summed E-state index contributed by atoms with van der Waals surface area (Å²) >= 11 is 5.91. The SMILES string of the molecule is Cc1ccc(S(=O)(=O)N(Cc2ccc(Cl)cc2)c2ccccc2C(=O)[O-])cc1. The summed E-state index contributed by atoms with van der Waals surface area (Å²) in [5.41, 5.74) is 1.41. The van der Waals surface area contributed by atoms with E-state index < -0.39 is 16.0 Å². The highest BCUT2D eigenvalue weighted by molar-refractivity contribution is 7.92. The number of nitrogens with zero attached hydrogens (tertiary/aromatic N) is 1. The van der Waals surface area contributed by atoms with E-state index in [2.05, 4.69) is 0 Å². The molecule has 0 atom stereocenters. The molecule has 28 heavy (non-hydrogen) atoms. The molecule has 0 N–H and O–H groups in total. The maximum Gasteiger partial charge on any atom is 0.264 e. The standard InChI is InChI=1S/C21H18ClNO4S/c1-15-6-12-18(13-7-15)28(26,27)23(14-16-8-10-17(22)11-9-16)20-5-3-2-4-19(20)21(24)25/h2-13H,14H2,1H3,(H,24,25)/p-1. The first kappa shape index (κ1) is 19.9. The number of carboxylic acids is 1. The van der Waals surface area contributed by atoms with Crippen molar-refractivity contribution in [3.8, 4) is 0 Å². The van der Waals surface area contributed by atoms with Crippen molar-refractivity contribution in [3.05, 3.63) is 94.5 Å². The Hall–Kier alpha value is -2.83. The van der Waals surface area contributed by atoms with E-state index >= 15 is 0 Å². The van der Waals surface area contributed by atoms with Gasteiger partial charge < -0.3 is 9.90 Å². The largest absolute Gasteiger partial charge is 0.545 e. The average Bonchev–Trinajstić information content (AvgIpc) is 2.67. The number of anilines is 1. The molecule has 0 spiro atoms. The third-order valence-corrected chi connectivity index (χ3v) is 6.27. The van der Waals surface area contributed by atoms with E-state index in [1.165, 1.54) is 30.3 Å². The molecule has 0 aromatic heterocycles. The molecule has 0 radical (unpaired) electrons. The molecule has 0 saturated heterocycles. The van der Waals surface area contributed by atoms with Gasteiger partial charge in [-0.15, -0.1) is 0 Å². The number of rotatable bonds is 6. The normalized spacial score (nSPS) is 11.2. The third kappa shape index (κ3) is 4.18. The van der Waals surface area contributed by atoms with Gasteiger partial charge >= 0.3 is 0 Å². The second-order valence-corrected chi connectivity index (χ2v) is 8.55. The molecular formula is C21H17ClNO4S-. The van der Waals surface area contributed by atoms with Gasteiger partial charge in [-0.2, -0.15) is 0 Å². The number of benzene rings is 3. The van der Waals surface area contributed by atoms with Gasteiger partial charge in [0, 0.05) is 10.6 Å². The van der Waals surface area contributed by atoms with Crippen molar-refractivity contribution in [1.82, 2.24) is 0 Å². The predicted molar refractivity (Wildman–Crippen MR) is 107 cm³/mol. The highest BCUT2D eigenvalue weighted by atomic mass is 35.5. The van der Waals surface area contributed by atoms with Crippen molar-refractivity contribution in [2.75, 3.05) is 4.31 Å². The molecule has 3 aromatic rings. The van der Waals surface area contributed by atoms with E-state index in [0.717, 1.165) is 9.87 Å². The van der Waals surface area contributed by atoms with Crippen molar-refractivity contribution in [2.45, 2.75) is 18.4 Å². The summed E-state index contributed by atoms with van der Waals surface area (Å²) in [6.07, 6.45) is 0. The highest BCUT2D eigenvalue weighted by Crippen LogP contribution is 2.29. The van der Waals surface area contributed by atoms with Crippen LogP contribution in [-0.2, 0) is 16.6 Å². The molecule has 0 unspecified atom stereocenters. The molecule has 7 heteroatoms. The van der Waals surface area contributed by atoms with Crippen LogP contribution in [-0.4, -0.2) is 14.4 Å². The van der Waals surface area contributed by atoms with E-state index in [0.29, 0.717) is 10.6 Å². The van der Waals surface area contributed by atoms with Crippen molar-refractivity contribution in [1.29, 1.82) is 0 Å². The average molecular weight is 415 g/mol. The lowest BCUT2D eigenvalue weighted by Crippen LogP contribution is -2.33. The van der Waals surface area contributed by atoms with Crippen molar-refractivity contribution >= 4 is 33.3 Å². The highest BCUT2D eigenvalue weighted by Gasteiger charge is 2.27. The van der Waals surface area contributed by atoms with Gasteiger partial charge in [0.2, 0.25) is 0 Å². The predicted octanol–water partition coefficient (Wildman–Crippen LogP) is 3.41. The van der Waals surface area contributed by atoms with Gasteiger partial charge in [0.1, 0.15) is 0 Å². The van der Waals surface area contributed by atoms with Crippen molar-refractivity contribution in [2.24, 2.45) is 0 Å². The Labute approximate surface area is 168 Å². The van der Waals surface area contributed by atoms with Gasteiger partial charge in [0.05, 0.1) is 23.1 Å². The number of carbonyl (C=O) groups is 1. The Kier molecular flexibility index (Phi) is 5.72. The lowest BCUT2D eigenvalue weighted by atomic mass is 10.1. The maximum absolute atomic E-state index is 13.4. The fraction of sp³-hybridized carbons (Fsp3) is 0.0952. The van der Waals surface area contributed by atoms with Crippen molar-refractivity contribution < 1.29 is 18.3 Å². The minimum Gasteiger partial charge on any atom is -0.545 e. The molecular weight excluding hydrogens is 398 g/mol. The monoisotopic (exact) mass is 414 g/mol. The lowest BCUT2D eigenvalue weighted by Gasteiger charge is -2.27. The Morgan fingerprint density at radius 2 is 1.57 bits per heavy atom.